The molecule has 5 unspecified atom stereocenters. The minimum atomic E-state index is -2.48. The summed E-state index contributed by atoms with van der Waals surface area (Å²) >= 11 is 0. The number of aliphatic hydroxyl groups excluding tert-OH is 2. The monoisotopic (exact) mass is 445 g/mol. The fourth-order valence-corrected chi connectivity index (χ4v) is 4.01. The number of hydrogen-bond acceptors (Lipinski definition) is 8. The molecule has 32 heavy (non-hydrogen) atoms. The van der Waals surface area contributed by atoms with Gasteiger partial charge in [0.05, 0.1) is 0 Å². The number of carbonyl (C=O) groups is 3. The van der Waals surface area contributed by atoms with Crippen molar-refractivity contribution in [3.63, 3.8) is 0 Å². The number of ether oxygens (including phenoxy) is 3. The molecule has 0 saturated carbocycles. The summed E-state index contributed by atoms with van der Waals surface area (Å²) in [7, 11) is 2.51. The van der Waals surface area contributed by atoms with E-state index >= 15 is 0 Å². The molecule has 1 aromatic carbocycles. The van der Waals surface area contributed by atoms with E-state index in [1.165, 1.54) is 26.2 Å². The van der Waals surface area contributed by atoms with E-state index < -0.39 is 47.1 Å². The Labute approximate surface area is 185 Å². The third-order valence-electron chi connectivity index (χ3n) is 5.83. The molecule has 0 radical (unpaired) electrons. The van der Waals surface area contributed by atoms with Crippen molar-refractivity contribution >= 4 is 17.5 Å². The summed E-state index contributed by atoms with van der Waals surface area (Å²) < 4.78 is 16.3. The van der Waals surface area contributed by atoms with Crippen LogP contribution in [0.1, 0.15) is 30.6 Å². The minimum Gasteiger partial charge on any atom is -0.467 e. The molecule has 9 nitrogen and oxygen atoms in total. The zero-order valence-electron chi connectivity index (χ0n) is 18.3. The van der Waals surface area contributed by atoms with Crippen molar-refractivity contribution in [2.45, 2.75) is 49.9 Å². The fraction of sp³-hybridized carbons (Fsp3) is 0.435. The predicted octanol–water partition coefficient (Wildman–Crippen LogP) is 0.657. The van der Waals surface area contributed by atoms with Gasteiger partial charge in [0.2, 0.25) is 17.3 Å². The van der Waals surface area contributed by atoms with Crippen molar-refractivity contribution in [2.75, 3.05) is 14.2 Å². The molecule has 1 spiro atoms. The minimum absolute atomic E-state index is 0.0577. The maximum Gasteiger partial charge on any atom is 0.278 e. The van der Waals surface area contributed by atoms with E-state index in [2.05, 4.69) is 5.32 Å². The molecule has 2 aliphatic rings. The van der Waals surface area contributed by atoms with E-state index in [4.69, 9.17) is 14.2 Å². The van der Waals surface area contributed by atoms with Crippen LogP contribution in [0.4, 0.5) is 0 Å². The first-order valence-corrected chi connectivity index (χ1v) is 10.2. The molecule has 3 N–H and O–H groups in total. The molecule has 1 aromatic rings. The van der Waals surface area contributed by atoms with Crippen LogP contribution in [0.5, 0.6) is 0 Å². The van der Waals surface area contributed by atoms with Crippen LogP contribution < -0.4 is 5.32 Å². The molecular formula is C23H27NO8. The number of methoxy groups -OCH3 is 2. The number of carbonyl (C=O) groups excluding carboxylic acids is 3. The van der Waals surface area contributed by atoms with Crippen LogP contribution in [-0.2, 0) is 23.8 Å². The Morgan fingerprint density at radius 3 is 2.50 bits per heavy atom. The smallest absolute Gasteiger partial charge is 0.278 e. The summed E-state index contributed by atoms with van der Waals surface area (Å²) in [5, 5.41) is 24.3. The van der Waals surface area contributed by atoms with Crippen molar-refractivity contribution in [1.82, 2.24) is 5.32 Å². The predicted molar refractivity (Wildman–Crippen MR) is 112 cm³/mol. The normalized spacial score (nSPS) is 29.5. The number of benzene rings is 1. The summed E-state index contributed by atoms with van der Waals surface area (Å²) in [6.45, 7) is 3.27. The first kappa shape index (κ1) is 23.8. The highest BCUT2D eigenvalue weighted by atomic mass is 16.6. The second kappa shape index (κ2) is 8.95. The molecule has 1 fully saturated rings. The lowest BCUT2D eigenvalue weighted by Gasteiger charge is -2.32. The Kier molecular flexibility index (Phi) is 6.66. The SMILES string of the molecule is CCC=CC(OC)C(O)C1=C(C)C(=O)C2(O1)C(=O)NC(OC)(C(=O)c1ccccc1)C2O. The van der Waals surface area contributed by atoms with Gasteiger partial charge in [-0.3, -0.25) is 14.4 Å². The number of hydrogen-bond donors (Lipinski definition) is 3. The number of nitrogens with one attached hydrogen (secondary N) is 1. The van der Waals surface area contributed by atoms with Gasteiger partial charge in [0.1, 0.15) is 18.0 Å². The van der Waals surface area contributed by atoms with Crippen LogP contribution in [0.3, 0.4) is 0 Å². The second-order valence-corrected chi connectivity index (χ2v) is 7.63. The van der Waals surface area contributed by atoms with Gasteiger partial charge >= 0.3 is 0 Å². The van der Waals surface area contributed by atoms with Crippen molar-refractivity contribution in [2.24, 2.45) is 0 Å². The maximum atomic E-state index is 13.2. The van der Waals surface area contributed by atoms with E-state index in [0.29, 0.717) is 6.42 Å². The van der Waals surface area contributed by atoms with Crippen LogP contribution in [0.2, 0.25) is 0 Å². The lowest BCUT2D eigenvalue weighted by molar-refractivity contribution is -0.163. The van der Waals surface area contributed by atoms with Gasteiger partial charge in [0, 0.05) is 25.4 Å². The highest BCUT2D eigenvalue weighted by Crippen LogP contribution is 2.44. The summed E-state index contributed by atoms with van der Waals surface area (Å²) in [6, 6.07) is 7.91. The Morgan fingerprint density at radius 2 is 1.94 bits per heavy atom. The quantitative estimate of drug-likeness (QED) is 0.302. The topological polar surface area (TPSA) is 131 Å². The average Bonchev–Trinajstić information content (AvgIpc) is 3.21. The second-order valence-electron chi connectivity index (χ2n) is 7.63. The summed E-state index contributed by atoms with van der Waals surface area (Å²) in [4.78, 5) is 39.5. The fourth-order valence-electron chi connectivity index (χ4n) is 4.01. The Hall–Kier alpha value is -2.85. The molecule has 0 aromatic heterocycles. The molecule has 2 heterocycles. The molecule has 3 rings (SSSR count). The Morgan fingerprint density at radius 1 is 1.28 bits per heavy atom. The van der Waals surface area contributed by atoms with E-state index in [1.54, 1.807) is 30.4 Å². The number of rotatable bonds is 8. The molecule has 0 bridgehead atoms. The van der Waals surface area contributed by atoms with Gasteiger partial charge in [-0.1, -0.05) is 49.4 Å². The standard InChI is InChI=1S/C23H27NO8/c1-5-6-12-15(30-3)16(25)17-13(2)18(26)22(32-17)20(28)23(31-4,24-21(22)29)19(27)14-10-8-7-9-11-14/h6-12,15-16,20,25,28H,5H2,1-4H3,(H,24,29). The van der Waals surface area contributed by atoms with Crippen LogP contribution in [0.25, 0.3) is 0 Å². The molecule has 2 aliphatic heterocycles. The summed E-state index contributed by atoms with van der Waals surface area (Å²) in [5.41, 5.74) is -4.63. The molecule has 5 atom stereocenters. The molecule has 9 heteroatoms. The average molecular weight is 445 g/mol. The van der Waals surface area contributed by atoms with Gasteiger partial charge in [-0.05, 0) is 13.3 Å². The van der Waals surface area contributed by atoms with Gasteiger partial charge in [-0.2, -0.15) is 0 Å². The molecule has 1 saturated heterocycles. The molecule has 172 valence electrons. The zero-order chi connectivity index (χ0) is 23.7. The van der Waals surface area contributed by atoms with Gasteiger partial charge in [-0.25, -0.2) is 0 Å². The third-order valence-corrected chi connectivity index (χ3v) is 5.83. The number of Topliss-reactive ketones (excluding diaryl/α,β-unsaturated/α-hetero) is 2. The molecule has 1 amide bonds. The largest absolute Gasteiger partial charge is 0.467 e. The first-order chi connectivity index (χ1) is 15.2. The number of ketones is 2. The number of aliphatic hydroxyl groups is 2. The van der Waals surface area contributed by atoms with Gasteiger partial charge < -0.3 is 29.7 Å². The summed E-state index contributed by atoms with van der Waals surface area (Å²) in [5.74, 6) is -2.87. The van der Waals surface area contributed by atoms with E-state index in [1.807, 2.05) is 6.92 Å². The Bertz CT molecular complexity index is 971. The maximum absolute atomic E-state index is 13.2. The van der Waals surface area contributed by atoms with E-state index in [0.717, 1.165) is 7.11 Å². The van der Waals surface area contributed by atoms with E-state index in [-0.39, 0.29) is 16.9 Å². The number of allylic oxidation sites excluding steroid dienone is 1. The zero-order valence-corrected chi connectivity index (χ0v) is 18.3. The summed E-state index contributed by atoms with van der Waals surface area (Å²) in [6.07, 6.45) is -0.248. The van der Waals surface area contributed by atoms with Crippen LogP contribution in [0.15, 0.2) is 53.8 Å². The van der Waals surface area contributed by atoms with Crippen LogP contribution in [0, 0.1) is 0 Å². The van der Waals surface area contributed by atoms with Crippen LogP contribution in [-0.4, -0.2) is 71.5 Å². The van der Waals surface area contributed by atoms with Crippen molar-refractivity contribution in [3.8, 4) is 0 Å². The first-order valence-electron chi connectivity index (χ1n) is 10.2. The lowest BCUT2D eigenvalue weighted by atomic mass is 9.85. The van der Waals surface area contributed by atoms with E-state index in [9.17, 15) is 24.6 Å². The van der Waals surface area contributed by atoms with Crippen molar-refractivity contribution < 1.29 is 38.8 Å². The van der Waals surface area contributed by atoms with Gasteiger partial charge in [0.25, 0.3) is 11.5 Å². The van der Waals surface area contributed by atoms with Crippen molar-refractivity contribution in [3.05, 3.63) is 59.4 Å². The van der Waals surface area contributed by atoms with Gasteiger partial charge in [-0.15, -0.1) is 0 Å². The Balaban J connectivity index is 2.00. The molecular weight excluding hydrogens is 418 g/mol. The number of amides is 1. The molecule has 0 aliphatic carbocycles. The third kappa shape index (κ3) is 3.38. The van der Waals surface area contributed by atoms with Crippen molar-refractivity contribution in [1.29, 1.82) is 0 Å². The highest BCUT2D eigenvalue weighted by molar-refractivity contribution is 6.23. The highest BCUT2D eigenvalue weighted by Gasteiger charge is 2.74. The van der Waals surface area contributed by atoms with Crippen LogP contribution >= 0.6 is 0 Å². The van der Waals surface area contributed by atoms with Gasteiger partial charge in [0.15, 0.2) is 6.10 Å². The lowest BCUT2D eigenvalue weighted by Crippen LogP contribution is -2.60.